The molecule has 0 radical (unpaired) electrons. The van der Waals surface area contributed by atoms with Gasteiger partial charge in [0.1, 0.15) is 34.5 Å². The molecule has 11 heteroatoms. The summed E-state index contributed by atoms with van der Waals surface area (Å²) in [5.74, 6) is -3.27. The van der Waals surface area contributed by atoms with E-state index in [2.05, 4.69) is 9.97 Å². The number of Topliss-reactive ketones (excluding diaryl/α,β-unsaturated/α-hetero) is 1. The van der Waals surface area contributed by atoms with Gasteiger partial charge in [-0.05, 0) is 66.9 Å². The van der Waals surface area contributed by atoms with Crippen LogP contribution >= 0.6 is 11.6 Å². The molecule has 1 aliphatic carbocycles. The number of aromatic nitrogens is 3. The number of para-hydroxylation sites is 1. The molecule has 0 saturated heterocycles. The second-order valence-electron chi connectivity index (χ2n) is 11.8. The third kappa shape index (κ3) is 5.10. The largest absolute Gasteiger partial charge is 0.444 e. The van der Waals surface area contributed by atoms with E-state index in [9.17, 15) is 13.6 Å². The molecule has 7 rings (SSSR count). The number of hydrogen-bond donors (Lipinski definition) is 0. The van der Waals surface area contributed by atoms with Crippen molar-refractivity contribution in [3.8, 4) is 22.6 Å². The molecule has 3 heterocycles. The smallest absolute Gasteiger partial charge is 0.278 e. The molecule has 1 unspecified atom stereocenters. The minimum atomic E-state index is -1.54. The van der Waals surface area contributed by atoms with Gasteiger partial charge in [0.15, 0.2) is 22.9 Å². The zero-order valence-corrected chi connectivity index (χ0v) is 25.0. The molecule has 1 aliphatic heterocycles. The summed E-state index contributed by atoms with van der Waals surface area (Å²) in [4.78, 5) is 21.0. The van der Waals surface area contributed by atoms with Gasteiger partial charge in [-0.3, -0.25) is 9.18 Å². The second-order valence-corrected chi connectivity index (χ2v) is 12.3. The molecule has 0 bridgehead atoms. The van der Waals surface area contributed by atoms with Gasteiger partial charge in [0.05, 0.1) is 12.2 Å². The number of carbonyl (C=O) groups is 1. The maximum Gasteiger partial charge on any atom is 0.278 e. The van der Waals surface area contributed by atoms with Gasteiger partial charge in [0.25, 0.3) is 5.79 Å². The minimum Gasteiger partial charge on any atom is -0.444 e. The predicted molar refractivity (Wildman–Crippen MR) is 160 cm³/mol. The predicted octanol–water partition coefficient (Wildman–Crippen LogP) is 8.36. The Balaban J connectivity index is 1.24. The van der Waals surface area contributed by atoms with E-state index in [1.807, 2.05) is 0 Å². The van der Waals surface area contributed by atoms with E-state index in [-0.39, 0.29) is 57.7 Å². The molecule has 0 N–H and O–H groups in total. The first-order valence-electron chi connectivity index (χ1n) is 14.4. The highest BCUT2D eigenvalue weighted by Gasteiger charge is 2.44. The van der Waals surface area contributed by atoms with Crippen LogP contribution in [0.1, 0.15) is 54.1 Å². The standard InChI is InChI=1S/C34H26ClF4N3O3/c1-18(43)27-8-9-28-32(41-27)42(17-34(16-36)10-11-34)30(40-28)15-22-24(37)12-19(13-25(22)38)21-4-3-5-29-31(21)45-33(2,44-29)23-7-6-20(35)14-26(23)39/h3-9,12-14H,10-11,15-17H2,1-2H3. The molecule has 6 nitrogen and oxygen atoms in total. The average Bonchev–Trinajstić information content (AvgIpc) is 3.57. The van der Waals surface area contributed by atoms with Gasteiger partial charge >= 0.3 is 0 Å². The molecule has 0 amide bonds. The van der Waals surface area contributed by atoms with E-state index in [1.165, 1.54) is 31.2 Å². The summed E-state index contributed by atoms with van der Waals surface area (Å²) in [5, 5.41) is 0.212. The number of rotatable bonds is 8. The van der Waals surface area contributed by atoms with Crippen LogP contribution in [-0.4, -0.2) is 27.0 Å². The summed E-state index contributed by atoms with van der Waals surface area (Å²) in [5.41, 5.74) is 0.855. The van der Waals surface area contributed by atoms with Crippen molar-refractivity contribution in [2.24, 2.45) is 5.41 Å². The number of ether oxygens (including phenoxy) is 2. The zero-order chi connectivity index (χ0) is 31.7. The van der Waals surface area contributed by atoms with Crippen LogP contribution in [0.5, 0.6) is 11.5 Å². The van der Waals surface area contributed by atoms with Gasteiger partial charge in [-0.15, -0.1) is 0 Å². The summed E-state index contributed by atoms with van der Waals surface area (Å²) in [7, 11) is 0. The number of hydrogen-bond acceptors (Lipinski definition) is 5. The Morgan fingerprint density at radius 3 is 2.40 bits per heavy atom. The number of alkyl halides is 1. The van der Waals surface area contributed by atoms with Crippen molar-refractivity contribution in [2.45, 2.75) is 45.4 Å². The Morgan fingerprint density at radius 1 is 0.978 bits per heavy atom. The first-order chi connectivity index (χ1) is 21.5. The number of imidazole rings is 1. The van der Waals surface area contributed by atoms with Gasteiger partial charge in [-0.25, -0.2) is 23.1 Å². The molecular formula is C34H26ClF4N3O3. The number of benzene rings is 3. The molecule has 3 aromatic carbocycles. The molecule has 45 heavy (non-hydrogen) atoms. The lowest BCUT2D eigenvalue weighted by Crippen LogP contribution is -2.32. The molecule has 1 atom stereocenters. The quantitative estimate of drug-likeness (QED) is 0.127. The van der Waals surface area contributed by atoms with E-state index >= 15 is 8.78 Å². The lowest BCUT2D eigenvalue weighted by molar-refractivity contribution is -0.0705. The van der Waals surface area contributed by atoms with Gasteiger partial charge in [0.2, 0.25) is 0 Å². The Labute approximate surface area is 260 Å². The number of fused-ring (bicyclic) bond motifs is 2. The maximum absolute atomic E-state index is 15.8. The first-order valence-corrected chi connectivity index (χ1v) is 14.7. The van der Waals surface area contributed by atoms with Crippen molar-refractivity contribution < 1.29 is 31.8 Å². The monoisotopic (exact) mass is 635 g/mol. The summed E-state index contributed by atoms with van der Waals surface area (Å²) < 4.78 is 74.1. The molecule has 0 spiro atoms. The summed E-state index contributed by atoms with van der Waals surface area (Å²) in [6.45, 7) is 2.61. The molecule has 2 aliphatic rings. The van der Waals surface area contributed by atoms with Crippen LogP contribution in [-0.2, 0) is 18.8 Å². The van der Waals surface area contributed by atoms with Crippen molar-refractivity contribution in [1.29, 1.82) is 0 Å². The van der Waals surface area contributed by atoms with Gasteiger partial charge in [-0.1, -0.05) is 23.7 Å². The van der Waals surface area contributed by atoms with Crippen molar-refractivity contribution in [3.63, 3.8) is 0 Å². The third-order valence-electron chi connectivity index (χ3n) is 8.55. The Morgan fingerprint density at radius 2 is 1.73 bits per heavy atom. The summed E-state index contributed by atoms with van der Waals surface area (Å²) in [6.07, 6.45) is 1.11. The third-order valence-corrected chi connectivity index (χ3v) is 8.79. The molecule has 230 valence electrons. The lowest BCUT2D eigenvalue weighted by Gasteiger charge is -2.24. The Kier molecular flexibility index (Phi) is 6.88. The Bertz CT molecular complexity index is 2000. The van der Waals surface area contributed by atoms with Gasteiger partial charge in [-0.2, -0.15) is 0 Å². The molecule has 1 fully saturated rings. The number of carbonyl (C=O) groups excluding carboxylic acids is 1. The fourth-order valence-electron chi connectivity index (χ4n) is 5.80. The first kappa shape index (κ1) is 29.3. The van der Waals surface area contributed by atoms with Crippen LogP contribution in [0.25, 0.3) is 22.3 Å². The fraction of sp³-hybridized carbons (Fsp3) is 0.265. The maximum atomic E-state index is 15.8. The number of ketones is 1. The van der Waals surface area contributed by atoms with E-state index in [1.54, 1.807) is 41.8 Å². The zero-order valence-electron chi connectivity index (χ0n) is 24.3. The second kappa shape index (κ2) is 10.6. The topological polar surface area (TPSA) is 66.2 Å². The minimum absolute atomic E-state index is 0.107. The normalized spacial score (nSPS) is 18.0. The van der Waals surface area contributed by atoms with Crippen molar-refractivity contribution in [3.05, 3.63) is 106 Å². The van der Waals surface area contributed by atoms with Gasteiger partial charge in [0, 0.05) is 48.4 Å². The SMILES string of the molecule is CC(=O)c1ccc2nc(Cc3c(F)cc(-c4cccc5c4OC(C)(c4ccc(Cl)cc4F)O5)cc3F)n(CC3(CF)CC3)c2n1. The van der Waals surface area contributed by atoms with Crippen LogP contribution in [0.15, 0.2) is 60.7 Å². The van der Waals surface area contributed by atoms with Crippen LogP contribution < -0.4 is 9.47 Å². The van der Waals surface area contributed by atoms with E-state index < -0.39 is 35.3 Å². The highest BCUT2D eigenvalue weighted by Crippen LogP contribution is 2.50. The number of halogens is 5. The van der Waals surface area contributed by atoms with Crippen LogP contribution in [0.4, 0.5) is 17.6 Å². The summed E-state index contributed by atoms with van der Waals surface area (Å²) >= 11 is 5.91. The van der Waals surface area contributed by atoms with Crippen molar-refractivity contribution in [1.82, 2.24) is 14.5 Å². The summed E-state index contributed by atoms with van der Waals surface area (Å²) in [6, 6.07) is 14.6. The van der Waals surface area contributed by atoms with Crippen LogP contribution in [0, 0.1) is 22.9 Å². The van der Waals surface area contributed by atoms with Crippen LogP contribution in [0.2, 0.25) is 5.02 Å². The highest BCUT2D eigenvalue weighted by molar-refractivity contribution is 6.30. The average molecular weight is 636 g/mol. The highest BCUT2D eigenvalue weighted by atomic mass is 35.5. The van der Waals surface area contributed by atoms with E-state index in [4.69, 9.17) is 21.1 Å². The molecule has 1 saturated carbocycles. The number of pyridine rings is 1. The molecule has 5 aromatic rings. The van der Waals surface area contributed by atoms with E-state index in [0.717, 1.165) is 6.07 Å². The van der Waals surface area contributed by atoms with Crippen LogP contribution in [0.3, 0.4) is 0 Å². The molecular weight excluding hydrogens is 610 g/mol. The lowest BCUT2D eigenvalue weighted by atomic mass is 10.00. The van der Waals surface area contributed by atoms with Gasteiger partial charge < -0.3 is 14.0 Å². The van der Waals surface area contributed by atoms with Crippen molar-refractivity contribution in [2.75, 3.05) is 6.67 Å². The Hall–Kier alpha value is -4.44. The fourth-order valence-corrected chi connectivity index (χ4v) is 5.96. The van der Waals surface area contributed by atoms with E-state index in [0.29, 0.717) is 35.4 Å². The van der Waals surface area contributed by atoms with Crippen molar-refractivity contribution >= 4 is 28.5 Å². The number of nitrogens with zero attached hydrogens (tertiary/aromatic N) is 3. The molecule has 2 aromatic heterocycles.